The van der Waals surface area contributed by atoms with Gasteiger partial charge in [-0.3, -0.25) is 14.4 Å². The molecule has 0 aromatic heterocycles. The second-order valence-corrected chi connectivity index (χ2v) is 11.0. The number of nitrogens with one attached hydrogen (secondary N) is 1. The molecule has 0 spiro atoms. The molecule has 1 saturated heterocycles. The van der Waals surface area contributed by atoms with Crippen LogP contribution in [-0.4, -0.2) is 52.2 Å². The van der Waals surface area contributed by atoms with E-state index >= 15 is 0 Å². The van der Waals surface area contributed by atoms with Gasteiger partial charge in [0.25, 0.3) is 0 Å². The molecule has 190 valence electrons. The van der Waals surface area contributed by atoms with Gasteiger partial charge in [0, 0.05) is 40.5 Å². The fraction of sp³-hybridized carbons (Fsp3) is 0.464. The van der Waals surface area contributed by atoms with Crippen LogP contribution < -0.4 is 5.32 Å². The molecule has 3 N–H and O–H groups in total. The molecule has 1 aliphatic heterocycles. The van der Waals surface area contributed by atoms with E-state index in [4.69, 9.17) is 9.47 Å². The molecule has 1 heterocycles. The van der Waals surface area contributed by atoms with E-state index in [9.17, 15) is 24.6 Å². The molecule has 2 aromatic rings. The number of carbonyl (C=O) groups is 3. The van der Waals surface area contributed by atoms with Gasteiger partial charge in [0.15, 0.2) is 17.4 Å². The first-order valence-corrected chi connectivity index (χ1v) is 12.3. The zero-order valence-electron chi connectivity index (χ0n) is 21.0. The average Bonchev–Trinajstić information content (AvgIpc) is 2.86. The van der Waals surface area contributed by atoms with E-state index in [1.807, 2.05) is 13.8 Å². The maximum Gasteiger partial charge on any atom is 0.220 e. The van der Waals surface area contributed by atoms with Crippen LogP contribution in [0.15, 0.2) is 24.3 Å². The van der Waals surface area contributed by atoms with Gasteiger partial charge in [-0.05, 0) is 19.8 Å². The standard InChI is InChI=1S/C28H31NO7/c1-5-19(30)29-28(27(4)35-13-26(2,3)14-36-27)11-10-17-18(12-28)25(34)21-20(24(17)33)22(31)15-8-6-7-9-16(15)23(21)32/h6-9,33-34H,5,10-14H2,1-4H3,(H,29,30). The second kappa shape index (κ2) is 8.15. The summed E-state index contributed by atoms with van der Waals surface area (Å²) in [7, 11) is 0. The van der Waals surface area contributed by atoms with Gasteiger partial charge in [-0.2, -0.15) is 0 Å². The fourth-order valence-corrected chi connectivity index (χ4v) is 5.59. The zero-order valence-corrected chi connectivity index (χ0v) is 21.0. The van der Waals surface area contributed by atoms with Gasteiger partial charge < -0.3 is 25.0 Å². The third-order valence-corrected chi connectivity index (χ3v) is 7.86. The summed E-state index contributed by atoms with van der Waals surface area (Å²) >= 11 is 0. The van der Waals surface area contributed by atoms with Gasteiger partial charge in [0.1, 0.15) is 11.5 Å². The van der Waals surface area contributed by atoms with Crippen molar-refractivity contribution in [2.45, 2.75) is 64.7 Å². The number of aromatic hydroxyl groups is 2. The van der Waals surface area contributed by atoms with Crippen LogP contribution in [0.5, 0.6) is 11.5 Å². The van der Waals surface area contributed by atoms with Gasteiger partial charge in [-0.1, -0.05) is 45.0 Å². The molecular weight excluding hydrogens is 462 g/mol. The van der Waals surface area contributed by atoms with Gasteiger partial charge in [0.2, 0.25) is 5.91 Å². The summed E-state index contributed by atoms with van der Waals surface area (Å²) < 4.78 is 12.5. The average molecular weight is 494 g/mol. The topological polar surface area (TPSA) is 122 Å². The molecule has 0 bridgehead atoms. The molecule has 1 atom stereocenters. The molecule has 1 fully saturated rings. The van der Waals surface area contributed by atoms with E-state index in [2.05, 4.69) is 5.32 Å². The first kappa shape index (κ1) is 24.5. The number of ketones is 2. The van der Waals surface area contributed by atoms with Crippen LogP contribution >= 0.6 is 0 Å². The van der Waals surface area contributed by atoms with E-state index in [1.165, 1.54) is 6.07 Å². The number of ether oxygens (including phenoxy) is 2. The van der Waals surface area contributed by atoms with Crippen molar-refractivity contribution in [3.05, 3.63) is 57.6 Å². The molecule has 8 nitrogen and oxygen atoms in total. The van der Waals surface area contributed by atoms with Crippen LogP contribution in [0, 0.1) is 5.41 Å². The van der Waals surface area contributed by atoms with Crippen molar-refractivity contribution < 1.29 is 34.1 Å². The molecule has 8 heteroatoms. The van der Waals surface area contributed by atoms with E-state index in [0.29, 0.717) is 30.8 Å². The minimum Gasteiger partial charge on any atom is -0.507 e. The van der Waals surface area contributed by atoms with Crippen LogP contribution in [0.4, 0.5) is 0 Å². The zero-order chi connectivity index (χ0) is 26.0. The number of fused-ring (bicyclic) bond motifs is 3. The summed E-state index contributed by atoms with van der Waals surface area (Å²) in [5.74, 6) is -3.09. The van der Waals surface area contributed by atoms with Crippen LogP contribution in [0.1, 0.15) is 83.5 Å². The summed E-state index contributed by atoms with van der Waals surface area (Å²) in [6.45, 7) is 8.39. The highest BCUT2D eigenvalue weighted by atomic mass is 16.7. The first-order chi connectivity index (χ1) is 16.9. The SMILES string of the molecule is CCC(=O)NC1(C2(C)OCC(C)(C)CO2)CCc2c(O)c3c(c(O)c2C1)C(=O)c1ccccc1C3=O. The summed E-state index contributed by atoms with van der Waals surface area (Å²) in [5, 5.41) is 25.7. The molecule has 36 heavy (non-hydrogen) atoms. The Hall–Kier alpha value is -3.23. The predicted molar refractivity (Wildman–Crippen MR) is 130 cm³/mol. The number of benzene rings is 2. The largest absolute Gasteiger partial charge is 0.507 e. The minimum atomic E-state index is -1.21. The monoisotopic (exact) mass is 493 g/mol. The summed E-state index contributed by atoms with van der Waals surface area (Å²) in [4.78, 5) is 39.3. The fourth-order valence-electron chi connectivity index (χ4n) is 5.59. The number of hydrogen-bond acceptors (Lipinski definition) is 7. The third kappa shape index (κ3) is 3.46. The van der Waals surface area contributed by atoms with E-state index in [0.717, 1.165) is 0 Å². The molecule has 0 saturated carbocycles. The molecule has 1 amide bonds. The highest BCUT2D eigenvalue weighted by molar-refractivity contribution is 6.30. The Labute approximate surface area is 209 Å². The lowest BCUT2D eigenvalue weighted by Gasteiger charge is -2.54. The molecule has 5 rings (SSSR count). The van der Waals surface area contributed by atoms with Crippen LogP contribution in [0.2, 0.25) is 0 Å². The minimum absolute atomic E-state index is 0.0563. The lowest BCUT2D eigenvalue weighted by atomic mass is 9.69. The van der Waals surface area contributed by atoms with Crippen molar-refractivity contribution >= 4 is 17.5 Å². The summed E-state index contributed by atoms with van der Waals surface area (Å²) in [6, 6.07) is 6.38. The first-order valence-electron chi connectivity index (χ1n) is 12.3. The maximum atomic E-state index is 13.4. The molecule has 2 aliphatic carbocycles. The number of phenols is 2. The van der Waals surface area contributed by atoms with Crippen LogP contribution in [0.3, 0.4) is 0 Å². The Kier molecular flexibility index (Phi) is 5.53. The van der Waals surface area contributed by atoms with Crippen molar-refractivity contribution in [1.82, 2.24) is 5.32 Å². The van der Waals surface area contributed by atoms with Crippen LogP contribution in [0.25, 0.3) is 0 Å². The lowest BCUT2D eigenvalue weighted by Crippen LogP contribution is -2.69. The maximum absolute atomic E-state index is 13.4. The Morgan fingerprint density at radius 3 is 2.00 bits per heavy atom. The Morgan fingerprint density at radius 2 is 1.47 bits per heavy atom. The van der Waals surface area contributed by atoms with E-state index in [1.54, 1.807) is 32.0 Å². The second-order valence-electron chi connectivity index (χ2n) is 11.0. The molecule has 1 unspecified atom stereocenters. The molecule has 3 aliphatic rings. The van der Waals surface area contributed by atoms with Crippen molar-refractivity contribution in [3.8, 4) is 11.5 Å². The van der Waals surface area contributed by atoms with Gasteiger partial charge in [-0.15, -0.1) is 0 Å². The van der Waals surface area contributed by atoms with Crippen molar-refractivity contribution in [2.75, 3.05) is 13.2 Å². The number of phenolic OH excluding ortho intramolecular Hbond substituents is 2. The van der Waals surface area contributed by atoms with Gasteiger partial charge in [0.05, 0.1) is 29.9 Å². The van der Waals surface area contributed by atoms with E-state index in [-0.39, 0.29) is 64.3 Å². The Morgan fingerprint density at radius 1 is 0.944 bits per heavy atom. The molecule has 2 aromatic carbocycles. The number of hydrogen-bond donors (Lipinski definition) is 3. The summed E-state index contributed by atoms with van der Waals surface area (Å²) in [6.07, 6.45) is 0.871. The number of carbonyl (C=O) groups excluding carboxylic acids is 3. The quantitative estimate of drug-likeness (QED) is 0.478. The molecular formula is C28H31NO7. The van der Waals surface area contributed by atoms with Crippen molar-refractivity contribution in [1.29, 1.82) is 0 Å². The van der Waals surface area contributed by atoms with E-state index < -0.39 is 22.9 Å². The van der Waals surface area contributed by atoms with Gasteiger partial charge >= 0.3 is 0 Å². The lowest BCUT2D eigenvalue weighted by molar-refractivity contribution is -0.323. The Balaban J connectivity index is 1.65. The highest BCUT2D eigenvalue weighted by Gasteiger charge is 2.56. The Bertz CT molecular complexity index is 1300. The number of rotatable bonds is 3. The predicted octanol–water partition coefficient (Wildman–Crippen LogP) is 3.42. The normalized spacial score (nSPS) is 23.9. The third-order valence-electron chi connectivity index (χ3n) is 7.86. The van der Waals surface area contributed by atoms with Gasteiger partial charge in [-0.25, -0.2) is 0 Å². The number of amides is 1. The van der Waals surface area contributed by atoms with Crippen molar-refractivity contribution in [2.24, 2.45) is 5.41 Å². The summed E-state index contributed by atoms with van der Waals surface area (Å²) in [5.41, 5.74) is -0.560. The smallest absolute Gasteiger partial charge is 0.220 e. The van der Waals surface area contributed by atoms with Crippen molar-refractivity contribution in [3.63, 3.8) is 0 Å². The van der Waals surface area contributed by atoms with Crippen LogP contribution in [-0.2, 0) is 27.1 Å². The highest BCUT2D eigenvalue weighted by Crippen LogP contribution is 2.50. The molecule has 0 radical (unpaired) electrons.